The fraction of sp³-hybridized carbons (Fsp3) is 0.393. The first-order chi connectivity index (χ1) is 19.6. The molecule has 2 aromatic carbocycles. The number of hydrogen-bond donors (Lipinski definition) is 3. The van der Waals surface area contributed by atoms with Gasteiger partial charge >= 0.3 is 0 Å². The molecule has 41 heavy (non-hydrogen) atoms. The van der Waals surface area contributed by atoms with E-state index in [1.165, 1.54) is 24.3 Å². The van der Waals surface area contributed by atoms with Crippen LogP contribution < -0.4 is 16.2 Å². The van der Waals surface area contributed by atoms with Gasteiger partial charge in [0, 0.05) is 60.3 Å². The monoisotopic (exact) mass is 628 g/mol. The molecule has 3 aromatic rings. The zero-order valence-corrected chi connectivity index (χ0v) is 24.0. The summed E-state index contributed by atoms with van der Waals surface area (Å²) in [4.78, 5) is 57.2. The van der Waals surface area contributed by atoms with Crippen LogP contribution in [-0.2, 0) is 0 Å². The second kappa shape index (κ2) is 12.0. The minimum atomic E-state index is -0.639. The van der Waals surface area contributed by atoms with Gasteiger partial charge in [-0.3, -0.25) is 24.5 Å². The van der Waals surface area contributed by atoms with Gasteiger partial charge in [0.15, 0.2) is 0 Å². The third-order valence-corrected chi connectivity index (χ3v) is 8.23. The van der Waals surface area contributed by atoms with Crippen LogP contribution in [0.4, 0.5) is 15.8 Å². The molecule has 2 fully saturated rings. The number of anilines is 1. The van der Waals surface area contributed by atoms with Crippen molar-refractivity contribution in [2.75, 3.05) is 38.5 Å². The van der Waals surface area contributed by atoms with E-state index in [1.807, 2.05) is 7.05 Å². The Morgan fingerprint density at radius 3 is 2.49 bits per heavy atom. The van der Waals surface area contributed by atoms with Crippen LogP contribution in [0, 0.1) is 15.9 Å². The van der Waals surface area contributed by atoms with Crippen LogP contribution in [0.5, 0.6) is 0 Å². The van der Waals surface area contributed by atoms with Crippen molar-refractivity contribution >= 4 is 50.0 Å². The molecule has 2 atom stereocenters. The quantitative estimate of drug-likeness (QED) is 0.278. The van der Waals surface area contributed by atoms with E-state index in [2.05, 4.69) is 36.4 Å². The molecule has 0 radical (unpaired) electrons. The van der Waals surface area contributed by atoms with E-state index in [1.54, 1.807) is 11.0 Å². The summed E-state index contributed by atoms with van der Waals surface area (Å²) in [7, 11) is 1.97. The van der Waals surface area contributed by atoms with Crippen molar-refractivity contribution in [1.29, 1.82) is 0 Å². The lowest BCUT2D eigenvalue weighted by Gasteiger charge is -2.35. The number of nitro groups is 1. The number of aromatic nitrogens is 1. The van der Waals surface area contributed by atoms with E-state index in [9.17, 15) is 28.9 Å². The van der Waals surface area contributed by atoms with Gasteiger partial charge in [-0.25, -0.2) is 4.39 Å². The van der Waals surface area contributed by atoms with Gasteiger partial charge in [0.1, 0.15) is 11.5 Å². The Labute approximate surface area is 243 Å². The molecule has 1 aliphatic carbocycles. The Morgan fingerprint density at radius 1 is 1.07 bits per heavy atom. The number of nitro benzene ring substituents is 1. The minimum absolute atomic E-state index is 0.00789. The number of amides is 2. The lowest BCUT2D eigenvalue weighted by atomic mass is 9.89. The first-order valence-corrected chi connectivity index (χ1v) is 14.3. The van der Waals surface area contributed by atoms with E-state index in [4.69, 9.17) is 0 Å². The Hall–Kier alpha value is -3.84. The number of halogens is 2. The number of hydrogen-bond acceptors (Lipinski definition) is 7. The third kappa shape index (κ3) is 6.10. The van der Waals surface area contributed by atoms with Crippen molar-refractivity contribution in [3.63, 3.8) is 0 Å². The summed E-state index contributed by atoms with van der Waals surface area (Å²) in [5, 5.41) is 18.3. The minimum Gasteiger partial charge on any atom is -0.374 e. The number of fused-ring (bicyclic) bond motifs is 1. The van der Waals surface area contributed by atoms with Gasteiger partial charge in [0.2, 0.25) is 5.56 Å². The van der Waals surface area contributed by atoms with Crippen LogP contribution >= 0.6 is 15.9 Å². The number of carbonyl (C=O) groups excluding carboxylic acids is 2. The van der Waals surface area contributed by atoms with Gasteiger partial charge in [-0.15, -0.1) is 0 Å². The molecule has 3 N–H and O–H groups in total. The molecule has 5 rings (SSSR count). The van der Waals surface area contributed by atoms with Crippen LogP contribution in [0.2, 0.25) is 0 Å². The van der Waals surface area contributed by atoms with Crippen molar-refractivity contribution in [3.8, 4) is 0 Å². The molecule has 1 aromatic heterocycles. The van der Waals surface area contributed by atoms with Gasteiger partial charge in [0.25, 0.3) is 17.5 Å². The first-order valence-electron chi connectivity index (χ1n) is 13.5. The highest BCUT2D eigenvalue weighted by Crippen LogP contribution is 2.36. The largest absolute Gasteiger partial charge is 0.374 e. The van der Waals surface area contributed by atoms with E-state index < -0.39 is 34.3 Å². The standard InChI is InChI=1S/C28H30BrFN6O5/c1-34-9-11-35(12-10-34)28(39)18-13-16(29)14-23(36(40)41)26(18)32-20-6-2-3-7-21(20)33-27(38)17-15-24(37)31-22-8-4-5-19(30)25(17)22/h4-5,8,13-15,20-21,32H,2-3,6-7,9-12H2,1H3,(H,31,37)(H,33,38)/t20-,21+/m1/s1. The van der Waals surface area contributed by atoms with Crippen LogP contribution in [0.1, 0.15) is 46.4 Å². The summed E-state index contributed by atoms with van der Waals surface area (Å²) in [5.41, 5.74) is -0.403. The molecule has 0 spiro atoms. The molecule has 1 saturated heterocycles. The number of benzene rings is 2. The lowest BCUT2D eigenvalue weighted by molar-refractivity contribution is -0.384. The zero-order chi connectivity index (χ0) is 29.3. The van der Waals surface area contributed by atoms with Crippen molar-refractivity contribution in [2.45, 2.75) is 37.8 Å². The molecule has 1 saturated carbocycles. The molecule has 1 aliphatic heterocycles. The molecule has 2 aliphatic rings. The Kier molecular flexibility index (Phi) is 8.36. The molecule has 2 amide bonds. The summed E-state index contributed by atoms with van der Waals surface area (Å²) in [6, 6.07) is 7.24. The number of piperazine rings is 1. The first kappa shape index (κ1) is 28.7. The van der Waals surface area contributed by atoms with E-state index in [-0.39, 0.29) is 39.3 Å². The summed E-state index contributed by atoms with van der Waals surface area (Å²) in [6.07, 6.45) is 2.73. The number of H-pyrrole nitrogens is 1. The van der Waals surface area contributed by atoms with E-state index in [0.29, 0.717) is 43.5 Å². The predicted octanol–water partition coefficient (Wildman–Crippen LogP) is 3.88. The molecular weight excluding hydrogens is 599 g/mol. The fourth-order valence-corrected chi connectivity index (χ4v) is 6.04. The SMILES string of the molecule is CN1CCN(C(=O)c2cc(Br)cc([N+](=O)[O-])c2N[C@@H]2CCCC[C@@H]2NC(=O)c2cc(=O)[nH]c3cccc(F)c23)CC1. The summed E-state index contributed by atoms with van der Waals surface area (Å²) < 4.78 is 15.1. The zero-order valence-electron chi connectivity index (χ0n) is 22.4. The molecule has 2 heterocycles. The summed E-state index contributed by atoms with van der Waals surface area (Å²) >= 11 is 3.32. The number of pyridine rings is 1. The number of carbonyl (C=O) groups is 2. The molecule has 216 valence electrons. The molecular formula is C28H30BrFN6O5. The summed E-state index contributed by atoms with van der Waals surface area (Å²) in [6.45, 7) is 2.38. The topological polar surface area (TPSA) is 141 Å². The van der Waals surface area contributed by atoms with Crippen molar-refractivity contribution in [2.24, 2.45) is 0 Å². The van der Waals surface area contributed by atoms with Crippen molar-refractivity contribution in [1.82, 2.24) is 20.1 Å². The normalized spacial score (nSPS) is 19.6. The maximum Gasteiger partial charge on any atom is 0.294 e. The number of aromatic amines is 1. The van der Waals surface area contributed by atoms with E-state index >= 15 is 0 Å². The maximum absolute atomic E-state index is 14.7. The van der Waals surface area contributed by atoms with Crippen LogP contribution in [0.3, 0.4) is 0 Å². The number of nitrogens with zero attached hydrogens (tertiary/aromatic N) is 3. The average molecular weight is 629 g/mol. The van der Waals surface area contributed by atoms with Crippen LogP contribution in [0.15, 0.2) is 45.7 Å². The van der Waals surface area contributed by atoms with Crippen molar-refractivity contribution < 1.29 is 18.9 Å². The maximum atomic E-state index is 14.7. The predicted molar refractivity (Wildman–Crippen MR) is 156 cm³/mol. The van der Waals surface area contributed by atoms with Gasteiger partial charge < -0.3 is 25.4 Å². The highest BCUT2D eigenvalue weighted by molar-refractivity contribution is 9.10. The smallest absolute Gasteiger partial charge is 0.294 e. The van der Waals surface area contributed by atoms with Crippen LogP contribution in [0.25, 0.3) is 10.9 Å². The van der Waals surface area contributed by atoms with Gasteiger partial charge in [-0.2, -0.15) is 0 Å². The lowest BCUT2D eigenvalue weighted by Crippen LogP contribution is -2.49. The summed E-state index contributed by atoms with van der Waals surface area (Å²) in [5.74, 6) is -1.57. The Bertz CT molecular complexity index is 1570. The Morgan fingerprint density at radius 2 is 1.78 bits per heavy atom. The number of nitrogens with one attached hydrogen (secondary N) is 3. The highest BCUT2D eigenvalue weighted by atomic mass is 79.9. The fourth-order valence-electron chi connectivity index (χ4n) is 5.60. The van der Waals surface area contributed by atoms with Crippen molar-refractivity contribution in [3.05, 3.63) is 78.3 Å². The molecule has 0 bridgehead atoms. The second-order valence-corrected chi connectivity index (χ2v) is 11.4. The molecule has 11 nitrogen and oxygen atoms in total. The second-order valence-electron chi connectivity index (χ2n) is 10.5. The van der Waals surface area contributed by atoms with Gasteiger partial charge in [0.05, 0.1) is 21.6 Å². The average Bonchev–Trinajstić information content (AvgIpc) is 2.94. The Balaban J connectivity index is 1.46. The third-order valence-electron chi connectivity index (χ3n) is 7.77. The van der Waals surface area contributed by atoms with E-state index in [0.717, 1.165) is 18.9 Å². The highest BCUT2D eigenvalue weighted by Gasteiger charge is 2.33. The number of rotatable bonds is 6. The van der Waals surface area contributed by atoms with Gasteiger partial charge in [-0.05, 0) is 38.1 Å². The molecule has 13 heteroatoms. The number of likely N-dealkylation sites (N-methyl/N-ethyl adjacent to an activating group) is 1. The van der Waals surface area contributed by atoms with Crippen LogP contribution in [-0.4, -0.2) is 76.8 Å². The molecule has 0 unspecified atom stereocenters. The van der Waals surface area contributed by atoms with Gasteiger partial charge in [-0.1, -0.05) is 34.8 Å².